The molecule has 1 unspecified atom stereocenters. The molecule has 2 aromatic carbocycles. The van der Waals surface area contributed by atoms with E-state index in [0.29, 0.717) is 11.4 Å². The standard InChI is InChI=1S/C18H23NO2/c1-11-8-15(10-18(21-5)12(11)2)13(3)14-6-7-17(20-4)16(19)9-14/h6-10,13H,19H2,1-5H3. The number of methoxy groups -OCH3 is 2. The molecule has 112 valence electrons. The topological polar surface area (TPSA) is 44.5 Å². The lowest BCUT2D eigenvalue weighted by molar-refractivity contribution is 0.410. The highest BCUT2D eigenvalue weighted by atomic mass is 16.5. The molecule has 2 rings (SSSR count). The van der Waals surface area contributed by atoms with Gasteiger partial charge in [0.05, 0.1) is 19.9 Å². The molecule has 0 spiro atoms. The van der Waals surface area contributed by atoms with E-state index in [9.17, 15) is 0 Å². The maximum absolute atomic E-state index is 6.01. The van der Waals surface area contributed by atoms with Crippen LogP contribution in [0.15, 0.2) is 30.3 Å². The number of aryl methyl sites for hydroxylation is 1. The largest absolute Gasteiger partial charge is 0.496 e. The first-order valence-electron chi connectivity index (χ1n) is 7.06. The van der Waals surface area contributed by atoms with E-state index in [-0.39, 0.29) is 5.92 Å². The summed E-state index contributed by atoms with van der Waals surface area (Å²) in [5.74, 6) is 1.88. The fourth-order valence-corrected chi connectivity index (χ4v) is 2.53. The van der Waals surface area contributed by atoms with Crippen molar-refractivity contribution >= 4 is 5.69 Å². The third-order valence-electron chi connectivity index (χ3n) is 4.12. The lowest BCUT2D eigenvalue weighted by Gasteiger charge is -2.18. The minimum Gasteiger partial charge on any atom is -0.496 e. The molecule has 2 aromatic rings. The van der Waals surface area contributed by atoms with Crippen LogP contribution < -0.4 is 15.2 Å². The number of anilines is 1. The lowest BCUT2D eigenvalue weighted by atomic mass is 9.90. The van der Waals surface area contributed by atoms with E-state index < -0.39 is 0 Å². The Morgan fingerprint density at radius 1 is 0.905 bits per heavy atom. The zero-order chi connectivity index (χ0) is 15.6. The second-order valence-corrected chi connectivity index (χ2v) is 5.39. The Labute approximate surface area is 126 Å². The number of hydrogen-bond donors (Lipinski definition) is 1. The molecule has 0 aliphatic heterocycles. The molecule has 1 atom stereocenters. The van der Waals surface area contributed by atoms with Gasteiger partial charge >= 0.3 is 0 Å². The maximum Gasteiger partial charge on any atom is 0.141 e. The van der Waals surface area contributed by atoms with Gasteiger partial charge in [0.25, 0.3) is 0 Å². The van der Waals surface area contributed by atoms with Crippen molar-refractivity contribution < 1.29 is 9.47 Å². The predicted octanol–water partition coefficient (Wildman–Crippen LogP) is 4.05. The molecular formula is C18H23NO2. The number of hydrogen-bond acceptors (Lipinski definition) is 3. The smallest absolute Gasteiger partial charge is 0.141 e. The van der Waals surface area contributed by atoms with Gasteiger partial charge in [-0.1, -0.05) is 19.1 Å². The van der Waals surface area contributed by atoms with Crippen molar-refractivity contribution in [2.75, 3.05) is 20.0 Å². The molecule has 0 bridgehead atoms. The van der Waals surface area contributed by atoms with E-state index in [2.05, 4.69) is 39.0 Å². The van der Waals surface area contributed by atoms with E-state index in [4.69, 9.17) is 15.2 Å². The summed E-state index contributed by atoms with van der Waals surface area (Å²) in [5, 5.41) is 0. The molecule has 0 aliphatic carbocycles. The molecular weight excluding hydrogens is 262 g/mol. The number of nitrogen functional groups attached to an aromatic ring is 1. The summed E-state index contributed by atoms with van der Waals surface area (Å²) in [7, 11) is 3.34. The Hall–Kier alpha value is -2.16. The first-order chi connectivity index (χ1) is 9.97. The van der Waals surface area contributed by atoms with E-state index in [0.717, 1.165) is 5.75 Å². The van der Waals surface area contributed by atoms with Gasteiger partial charge in [-0.25, -0.2) is 0 Å². The van der Waals surface area contributed by atoms with Gasteiger partial charge in [0.15, 0.2) is 0 Å². The zero-order valence-corrected chi connectivity index (χ0v) is 13.4. The van der Waals surface area contributed by atoms with Gasteiger partial charge in [-0.05, 0) is 54.3 Å². The van der Waals surface area contributed by atoms with Gasteiger partial charge in [-0.2, -0.15) is 0 Å². The molecule has 0 heterocycles. The number of ether oxygens (including phenoxy) is 2. The van der Waals surface area contributed by atoms with Gasteiger partial charge in [0, 0.05) is 5.92 Å². The van der Waals surface area contributed by atoms with Crippen molar-refractivity contribution in [2.45, 2.75) is 26.7 Å². The molecule has 0 aliphatic rings. The Balaban J connectivity index is 2.42. The minimum atomic E-state index is 0.242. The minimum absolute atomic E-state index is 0.242. The second kappa shape index (κ2) is 6.08. The summed E-state index contributed by atoms with van der Waals surface area (Å²) in [4.78, 5) is 0. The first-order valence-corrected chi connectivity index (χ1v) is 7.06. The molecule has 3 nitrogen and oxygen atoms in total. The third-order valence-corrected chi connectivity index (χ3v) is 4.12. The highest BCUT2D eigenvalue weighted by Gasteiger charge is 2.14. The fourth-order valence-electron chi connectivity index (χ4n) is 2.53. The SMILES string of the molecule is COc1ccc(C(C)c2cc(C)c(C)c(OC)c2)cc1N. The van der Waals surface area contributed by atoms with Crippen LogP contribution in [-0.4, -0.2) is 14.2 Å². The lowest BCUT2D eigenvalue weighted by Crippen LogP contribution is -2.01. The van der Waals surface area contributed by atoms with Crippen molar-refractivity contribution in [3.05, 3.63) is 52.6 Å². The fraction of sp³-hybridized carbons (Fsp3) is 0.333. The van der Waals surface area contributed by atoms with Crippen LogP contribution in [0, 0.1) is 13.8 Å². The summed E-state index contributed by atoms with van der Waals surface area (Å²) in [6.07, 6.45) is 0. The average molecular weight is 285 g/mol. The number of rotatable bonds is 4. The molecule has 21 heavy (non-hydrogen) atoms. The molecule has 3 heteroatoms. The van der Waals surface area contributed by atoms with Crippen LogP contribution in [0.2, 0.25) is 0 Å². The van der Waals surface area contributed by atoms with Gasteiger partial charge in [-0.15, -0.1) is 0 Å². The van der Waals surface area contributed by atoms with Crippen LogP contribution in [-0.2, 0) is 0 Å². The summed E-state index contributed by atoms with van der Waals surface area (Å²) in [6, 6.07) is 10.3. The van der Waals surface area contributed by atoms with Crippen LogP contribution in [0.25, 0.3) is 0 Å². The highest BCUT2D eigenvalue weighted by Crippen LogP contribution is 2.33. The summed E-state index contributed by atoms with van der Waals surface area (Å²) < 4.78 is 10.7. The molecule has 0 aromatic heterocycles. The van der Waals surface area contributed by atoms with Crippen LogP contribution >= 0.6 is 0 Å². The van der Waals surface area contributed by atoms with E-state index in [1.54, 1.807) is 14.2 Å². The monoisotopic (exact) mass is 285 g/mol. The van der Waals surface area contributed by atoms with Gasteiger partial charge in [0.2, 0.25) is 0 Å². The predicted molar refractivity (Wildman–Crippen MR) is 87.4 cm³/mol. The van der Waals surface area contributed by atoms with Crippen LogP contribution in [0.5, 0.6) is 11.5 Å². The van der Waals surface area contributed by atoms with E-state index in [1.807, 2.05) is 12.1 Å². The first kappa shape index (κ1) is 15.2. The van der Waals surface area contributed by atoms with Crippen molar-refractivity contribution in [3.8, 4) is 11.5 Å². The van der Waals surface area contributed by atoms with Crippen molar-refractivity contribution in [1.29, 1.82) is 0 Å². The molecule has 0 amide bonds. The molecule has 2 N–H and O–H groups in total. The Morgan fingerprint density at radius 2 is 1.57 bits per heavy atom. The van der Waals surface area contributed by atoms with Gasteiger partial charge in [-0.3, -0.25) is 0 Å². The van der Waals surface area contributed by atoms with E-state index in [1.165, 1.54) is 22.3 Å². The maximum atomic E-state index is 6.01. The highest BCUT2D eigenvalue weighted by molar-refractivity contribution is 5.56. The molecule has 0 fully saturated rings. The van der Waals surface area contributed by atoms with Gasteiger partial charge < -0.3 is 15.2 Å². The number of benzene rings is 2. The van der Waals surface area contributed by atoms with Crippen molar-refractivity contribution in [1.82, 2.24) is 0 Å². The summed E-state index contributed by atoms with van der Waals surface area (Å²) in [5.41, 5.74) is 11.5. The zero-order valence-electron chi connectivity index (χ0n) is 13.4. The second-order valence-electron chi connectivity index (χ2n) is 5.39. The third kappa shape index (κ3) is 2.97. The Kier molecular flexibility index (Phi) is 4.41. The molecule has 0 radical (unpaired) electrons. The van der Waals surface area contributed by atoms with Crippen LogP contribution in [0.4, 0.5) is 5.69 Å². The summed E-state index contributed by atoms with van der Waals surface area (Å²) >= 11 is 0. The van der Waals surface area contributed by atoms with Gasteiger partial charge in [0.1, 0.15) is 11.5 Å². The molecule has 0 saturated heterocycles. The Morgan fingerprint density at radius 3 is 2.14 bits per heavy atom. The number of nitrogens with two attached hydrogens (primary N) is 1. The Bertz CT molecular complexity index is 650. The average Bonchev–Trinajstić information content (AvgIpc) is 2.49. The van der Waals surface area contributed by atoms with Crippen molar-refractivity contribution in [2.24, 2.45) is 0 Å². The summed E-state index contributed by atoms with van der Waals surface area (Å²) in [6.45, 7) is 6.36. The molecule has 0 saturated carbocycles. The quantitative estimate of drug-likeness (QED) is 0.862. The normalized spacial score (nSPS) is 12.0. The van der Waals surface area contributed by atoms with Crippen LogP contribution in [0.1, 0.15) is 35.1 Å². The van der Waals surface area contributed by atoms with Crippen LogP contribution in [0.3, 0.4) is 0 Å². The van der Waals surface area contributed by atoms with Crippen molar-refractivity contribution in [3.63, 3.8) is 0 Å². The van der Waals surface area contributed by atoms with E-state index >= 15 is 0 Å².